The van der Waals surface area contributed by atoms with E-state index >= 15 is 0 Å². The van der Waals surface area contributed by atoms with Crippen molar-refractivity contribution in [3.63, 3.8) is 0 Å². The first-order valence-electron chi connectivity index (χ1n) is 3.42. The Bertz CT molecular complexity index is 334. The maximum Gasteiger partial charge on any atom is 0.0465 e. The van der Waals surface area contributed by atoms with Crippen LogP contribution in [0.5, 0.6) is 0 Å². The Morgan fingerprint density at radius 2 is 2.08 bits per heavy atom. The number of hydrogen-bond acceptors (Lipinski definition) is 3. The molecule has 0 aliphatic carbocycles. The SMILES string of the molecule is Cc1c(Br)cc(N)c(C=N)c1N. The largest absolute Gasteiger partial charge is 0.398 e. The summed E-state index contributed by atoms with van der Waals surface area (Å²) in [5, 5.41) is 7.09. The molecule has 0 aliphatic heterocycles. The molecular weight excluding hydrogens is 218 g/mol. The standard InChI is InChI=1S/C8H10BrN3/c1-4-6(9)2-7(11)5(3-10)8(4)12/h2-3,10H,11-12H2,1H3. The van der Waals surface area contributed by atoms with Crippen LogP contribution >= 0.6 is 15.9 Å². The van der Waals surface area contributed by atoms with Crippen molar-refractivity contribution in [2.45, 2.75) is 6.92 Å². The molecule has 0 heterocycles. The van der Waals surface area contributed by atoms with Crippen LogP contribution in [0.25, 0.3) is 0 Å². The number of anilines is 2. The molecule has 0 aliphatic rings. The van der Waals surface area contributed by atoms with Crippen LogP contribution in [0.3, 0.4) is 0 Å². The van der Waals surface area contributed by atoms with E-state index in [2.05, 4.69) is 15.9 Å². The minimum atomic E-state index is 0.528. The van der Waals surface area contributed by atoms with Gasteiger partial charge >= 0.3 is 0 Å². The van der Waals surface area contributed by atoms with E-state index < -0.39 is 0 Å². The van der Waals surface area contributed by atoms with Gasteiger partial charge in [-0.2, -0.15) is 0 Å². The average Bonchev–Trinajstić information content (AvgIpc) is 2.01. The van der Waals surface area contributed by atoms with E-state index in [1.54, 1.807) is 6.07 Å². The summed E-state index contributed by atoms with van der Waals surface area (Å²) < 4.78 is 0.878. The van der Waals surface area contributed by atoms with Crippen molar-refractivity contribution in [2.24, 2.45) is 0 Å². The molecule has 3 nitrogen and oxygen atoms in total. The number of rotatable bonds is 1. The van der Waals surface area contributed by atoms with E-state index in [0.29, 0.717) is 16.9 Å². The van der Waals surface area contributed by atoms with Gasteiger partial charge in [-0.05, 0) is 18.6 Å². The molecule has 12 heavy (non-hydrogen) atoms. The molecule has 0 amide bonds. The summed E-state index contributed by atoms with van der Waals surface area (Å²) in [6, 6.07) is 1.76. The van der Waals surface area contributed by atoms with Crippen LogP contribution in [0.1, 0.15) is 11.1 Å². The van der Waals surface area contributed by atoms with Gasteiger partial charge in [0.2, 0.25) is 0 Å². The normalized spacial score (nSPS) is 9.83. The highest BCUT2D eigenvalue weighted by Gasteiger charge is 2.07. The molecule has 0 fully saturated rings. The molecular formula is C8H10BrN3. The third-order valence-electron chi connectivity index (χ3n) is 1.79. The predicted octanol–water partition coefficient (Wildman–Crippen LogP) is 1.92. The zero-order valence-electron chi connectivity index (χ0n) is 6.69. The van der Waals surface area contributed by atoms with Gasteiger partial charge in [-0.15, -0.1) is 0 Å². The number of nitrogens with one attached hydrogen (secondary N) is 1. The van der Waals surface area contributed by atoms with Gasteiger partial charge in [-0.25, -0.2) is 0 Å². The highest BCUT2D eigenvalue weighted by molar-refractivity contribution is 9.10. The summed E-state index contributed by atoms with van der Waals surface area (Å²) in [6.07, 6.45) is 1.17. The molecule has 4 heteroatoms. The van der Waals surface area contributed by atoms with E-state index in [-0.39, 0.29) is 0 Å². The van der Waals surface area contributed by atoms with Crippen molar-refractivity contribution in [2.75, 3.05) is 11.5 Å². The fourth-order valence-corrected chi connectivity index (χ4v) is 1.43. The zero-order chi connectivity index (χ0) is 9.30. The smallest absolute Gasteiger partial charge is 0.0465 e. The van der Waals surface area contributed by atoms with E-state index in [9.17, 15) is 0 Å². The molecule has 0 saturated heterocycles. The predicted molar refractivity (Wildman–Crippen MR) is 55.6 cm³/mol. The van der Waals surface area contributed by atoms with Gasteiger partial charge in [0.15, 0.2) is 0 Å². The van der Waals surface area contributed by atoms with Crippen LogP contribution in [-0.2, 0) is 0 Å². The van der Waals surface area contributed by atoms with Crippen molar-refractivity contribution in [3.8, 4) is 0 Å². The summed E-state index contributed by atoms with van der Waals surface area (Å²) >= 11 is 3.33. The van der Waals surface area contributed by atoms with Gasteiger partial charge in [0, 0.05) is 27.6 Å². The second-order valence-electron chi connectivity index (χ2n) is 2.54. The van der Waals surface area contributed by atoms with Gasteiger partial charge in [-0.1, -0.05) is 15.9 Å². The first-order chi connectivity index (χ1) is 5.57. The molecule has 1 aromatic carbocycles. The fourth-order valence-electron chi connectivity index (χ4n) is 0.970. The Kier molecular flexibility index (Phi) is 2.38. The summed E-state index contributed by atoms with van der Waals surface area (Å²) in [5.74, 6) is 0. The Balaban J connectivity index is 3.51. The Morgan fingerprint density at radius 3 is 2.58 bits per heavy atom. The quantitative estimate of drug-likeness (QED) is 0.507. The molecule has 0 saturated carbocycles. The molecule has 0 bridgehead atoms. The number of halogens is 1. The Labute approximate surface area is 79.4 Å². The van der Waals surface area contributed by atoms with Crippen LogP contribution in [0.2, 0.25) is 0 Å². The van der Waals surface area contributed by atoms with Gasteiger partial charge < -0.3 is 16.9 Å². The summed E-state index contributed by atoms with van der Waals surface area (Å²) in [5.41, 5.74) is 14.0. The van der Waals surface area contributed by atoms with Gasteiger partial charge in [0.25, 0.3) is 0 Å². The van der Waals surface area contributed by atoms with Crippen LogP contribution in [0.15, 0.2) is 10.5 Å². The second kappa shape index (κ2) is 3.15. The van der Waals surface area contributed by atoms with Gasteiger partial charge in [-0.3, -0.25) is 0 Å². The summed E-state index contributed by atoms with van der Waals surface area (Å²) in [6.45, 7) is 1.88. The molecule has 64 valence electrons. The van der Waals surface area contributed by atoms with Crippen molar-refractivity contribution in [1.82, 2.24) is 0 Å². The number of nitrogens with two attached hydrogens (primary N) is 2. The molecule has 1 aromatic rings. The highest BCUT2D eigenvalue weighted by Crippen LogP contribution is 2.28. The van der Waals surface area contributed by atoms with Crippen LogP contribution < -0.4 is 11.5 Å². The number of hydrogen-bond donors (Lipinski definition) is 3. The number of benzene rings is 1. The maximum absolute atomic E-state index is 7.09. The second-order valence-corrected chi connectivity index (χ2v) is 3.40. The third kappa shape index (κ3) is 1.30. The average molecular weight is 228 g/mol. The van der Waals surface area contributed by atoms with Crippen molar-refractivity contribution < 1.29 is 0 Å². The lowest BCUT2D eigenvalue weighted by Gasteiger charge is -2.08. The lowest BCUT2D eigenvalue weighted by Crippen LogP contribution is -2.02. The topological polar surface area (TPSA) is 75.9 Å². The molecule has 0 spiro atoms. The Hall–Kier alpha value is -1.03. The van der Waals surface area contributed by atoms with Crippen molar-refractivity contribution in [3.05, 3.63) is 21.7 Å². The summed E-state index contributed by atoms with van der Waals surface area (Å²) in [7, 11) is 0. The highest BCUT2D eigenvalue weighted by atomic mass is 79.9. The van der Waals surface area contributed by atoms with Crippen LogP contribution in [0.4, 0.5) is 11.4 Å². The molecule has 0 atom stereocenters. The van der Waals surface area contributed by atoms with E-state index in [1.807, 2.05) is 6.92 Å². The number of nitrogen functional groups attached to an aromatic ring is 2. The summed E-state index contributed by atoms with van der Waals surface area (Å²) in [4.78, 5) is 0. The minimum absolute atomic E-state index is 0.528. The van der Waals surface area contributed by atoms with E-state index in [4.69, 9.17) is 16.9 Å². The van der Waals surface area contributed by atoms with Crippen LogP contribution in [-0.4, -0.2) is 6.21 Å². The molecule has 0 unspecified atom stereocenters. The molecule has 0 aromatic heterocycles. The van der Waals surface area contributed by atoms with Gasteiger partial charge in [0.05, 0.1) is 0 Å². The van der Waals surface area contributed by atoms with Crippen molar-refractivity contribution >= 4 is 33.5 Å². The fraction of sp³-hybridized carbons (Fsp3) is 0.125. The monoisotopic (exact) mass is 227 g/mol. The first kappa shape index (κ1) is 9.06. The lowest BCUT2D eigenvalue weighted by atomic mass is 10.1. The molecule has 0 radical (unpaired) electrons. The molecule has 1 rings (SSSR count). The minimum Gasteiger partial charge on any atom is -0.398 e. The first-order valence-corrected chi connectivity index (χ1v) is 4.21. The van der Waals surface area contributed by atoms with E-state index in [0.717, 1.165) is 10.0 Å². The van der Waals surface area contributed by atoms with Gasteiger partial charge in [0.1, 0.15) is 0 Å². The van der Waals surface area contributed by atoms with E-state index in [1.165, 1.54) is 6.21 Å². The van der Waals surface area contributed by atoms with Crippen molar-refractivity contribution in [1.29, 1.82) is 5.41 Å². The lowest BCUT2D eigenvalue weighted by molar-refractivity contribution is 1.41. The Morgan fingerprint density at radius 1 is 1.50 bits per heavy atom. The maximum atomic E-state index is 7.09. The third-order valence-corrected chi connectivity index (χ3v) is 2.61. The molecule has 5 N–H and O–H groups in total. The zero-order valence-corrected chi connectivity index (χ0v) is 8.27. The van der Waals surface area contributed by atoms with Crippen LogP contribution in [0, 0.1) is 12.3 Å².